The highest BCUT2D eigenvalue weighted by molar-refractivity contribution is 7.20. The number of thiophene rings is 1. The molecule has 9 nitrogen and oxygen atoms in total. The summed E-state index contributed by atoms with van der Waals surface area (Å²) >= 11 is 1.29. The summed E-state index contributed by atoms with van der Waals surface area (Å²) < 4.78 is 6.28. The summed E-state index contributed by atoms with van der Waals surface area (Å²) in [6.07, 6.45) is 1.28. The highest BCUT2D eigenvalue weighted by Gasteiger charge is 2.44. The summed E-state index contributed by atoms with van der Waals surface area (Å²) in [7, 11) is 1.51. The van der Waals surface area contributed by atoms with Crippen LogP contribution in [-0.2, 0) is 0 Å². The van der Waals surface area contributed by atoms with Crippen LogP contribution < -0.4 is 21.1 Å². The summed E-state index contributed by atoms with van der Waals surface area (Å²) in [5.41, 5.74) is 7.42. The Morgan fingerprint density at radius 1 is 1.11 bits per heavy atom. The van der Waals surface area contributed by atoms with E-state index >= 15 is 0 Å². The second-order valence-corrected chi connectivity index (χ2v) is 10.1. The molecule has 0 atom stereocenters. The van der Waals surface area contributed by atoms with Gasteiger partial charge in [-0.2, -0.15) is 0 Å². The molecule has 3 heterocycles. The van der Waals surface area contributed by atoms with Crippen molar-refractivity contribution in [2.75, 3.05) is 31.2 Å². The summed E-state index contributed by atoms with van der Waals surface area (Å²) in [6.45, 7) is 0.834. The Labute approximate surface area is 211 Å². The van der Waals surface area contributed by atoms with Crippen molar-refractivity contribution in [3.63, 3.8) is 0 Å². The van der Waals surface area contributed by atoms with E-state index in [4.69, 9.17) is 10.5 Å². The number of Topliss-reactive ketones (excluding diaryl/α,β-unsaturated/α-hetero) is 1. The average molecular weight is 507 g/mol. The van der Waals surface area contributed by atoms with Crippen LogP contribution in [0.4, 0.5) is 15.5 Å². The maximum absolute atomic E-state index is 13.6. The lowest BCUT2D eigenvalue weighted by molar-refractivity contribution is -0.00565. The van der Waals surface area contributed by atoms with Crippen LogP contribution in [0.1, 0.15) is 40.0 Å². The third-order valence-corrected chi connectivity index (χ3v) is 7.74. The van der Waals surface area contributed by atoms with Gasteiger partial charge in [0.2, 0.25) is 0 Å². The normalized spacial score (nSPS) is 16.2. The quantitative estimate of drug-likeness (QED) is 0.395. The van der Waals surface area contributed by atoms with Crippen LogP contribution >= 0.6 is 11.3 Å². The number of benzene rings is 2. The third-order valence-electron chi connectivity index (χ3n) is 6.64. The number of nitrogens with two attached hydrogens (primary N) is 1. The second kappa shape index (κ2) is 9.19. The fourth-order valence-electron chi connectivity index (χ4n) is 4.65. The van der Waals surface area contributed by atoms with Crippen molar-refractivity contribution in [2.24, 2.45) is 0 Å². The van der Waals surface area contributed by atoms with E-state index in [-0.39, 0.29) is 23.9 Å². The number of likely N-dealkylation sites (tertiary alicyclic amines) is 1. The molecule has 0 saturated carbocycles. The zero-order chi connectivity index (χ0) is 25.4. The number of nitrogens with one attached hydrogen (secondary N) is 2. The highest BCUT2D eigenvalue weighted by Crippen LogP contribution is 2.41. The molecular weight excluding hydrogens is 480 g/mol. The Hall–Kier alpha value is -4.05. The van der Waals surface area contributed by atoms with Crippen molar-refractivity contribution in [3.8, 4) is 21.9 Å². The predicted molar refractivity (Wildman–Crippen MR) is 138 cm³/mol. The smallest absolute Gasteiger partial charge is 0.319 e. The molecule has 0 radical (unpaired) electrons. The first-order valence-corrected chi connectivity index (χ1v) is 12.4. The molecule has 1 aromatic heterocycles. The second-order valence-electron chi connectivity index (χ2n) is 9.04. The average Bonchev–Trinajstić information content (AvgIpc) is 3.28. The molecule has 2 aliphatic heterocycles. The number of carbonyl (C=O) groups excluding carboxylic acids is 3. The zero-order valence-electron chi connectivity index (χ0n) is 19.7. The fraction of sp³-hybridized carbons (Fsp3) is 0.269. The fourth-order valence-corrected chi connectivity index (χ4v) is 5.71. The summed E-state index contributed by atoms with van der Waals surface area (Å²) in [5, 5.41) is 15.3. The van der Waals surface area contributed by atoms with Crippen molar-refractivity contribution in [1.29, 1.82) is 0 Å². The maximum atomic E-state index is 13.6. The van der Waals surface area contributed by atoms with Gasteiger partial charge in [0.25, 0.3) is 5.91 Å². The standard InChI is InChI=1S/C26H26N4O5S/c1-28-25(34)29-23-19(13-22(36-23)15-2-5-17(31)6-3-15)24(33)30-10-8-26(9-11-30)14-20(32)18-12-16(27)4-7-21(18)35-26/h2-7,12-13,31H,8-11,14,27H2,1H3,(H2,28,29,34). The van der Waals surface area contributed by atoms with E-state index in [0.717, 1.165) is 10.4 Å². The van der Waals surface area contributed by atoms with Gasteiger partial charge in [0.1, 0.15) is 22.1 Å². The highest BCUT2D eigenvalue weighted by atomic mass is 32.1. The summed E-state index contributed by atoms with van der Waals surface area (Å²) in [5.74, 6) is 0.477. The number of phenols is 1. The number of aromatic hydroxyl groups is 1. The van der Waals surface area contributed by atoms with E-state index in [0.29, 0.717) is 53.5 Å². The minimum absolute atomic E-state index is 0.00300. The van der Waals surface area contributed by atoms with Gasteiger partial charge in [0, 0.05) is 43.5 Å². The van der Waals surface area contributed by atoms with E-state index in [2.05, 4.69) is 10.6 Å². The Kier molecular flexibility index (Phi) is 6.05. The molecular formula is C26H26N4O5S. The number of urea groups is 1. The number of hydrogen-bond acceptors (Lipinski definition) is 7. The molecule has 3 aromatic rings. The molecule has 5 N–H and O–H groups in total. The lowest BCUT2D eigenvalue weighted by atomic mass is 9.82. The SMILES string of the molecule is CNC(=O)Nc1sc(-c2ccc(O)cc2)cc1C(=O)N1CCC2(CC1)CC(=O)c1cc(N)ccc1O2. The number of nitrogen functional groups attached to an aromatic ring is 1. The van der Waals surface area contributed by atoms with Crippen LogP contribution in [-0.4, -0.2) is 53.5 Å². The van der Waals surface area contributed by atoms with Crippen LogP contribution in [0.3, 0.4) is 0 Å². The maximum Gasteiger partial charge on any atom is 0.319 e. The van der Waals surface area contributed by atoms with Crippen LogP contribution in [0, 0.1) is 0 Å². The molecule has 3 amide bonds. The topological polar surface area (TPSA) is 134 Å². The Bertz CT molecular complexity index is 1340. The first kappa shape index (κ1) is 23.7. The molecule has 1 fully saturated rings. The molecule has 36 heavy (non-hydrogen) atoms. The lowest BCUT2D eigenvalue weighted by Gasteiger charge is -2.44. The van der Waals surface area contributed by atoms with Crippen LogP contribution in [0.5, 0.6) is 11.5 Å². The Morgan fingerprint density at radius 3 is 2.53 bits per heavy atom. The van der Waals surface area contributed by atoms with E-state index < -0.39 is 11.6 Å². The van der Waals surface area contributed by atoms with E-state index in [9.17, 15) is 19.5 Å². The molecule has 10 heteroatoms. The first-order chi connectivity index (χ1) is 17.3. The number of hydrogen-bond donors (Lipinski definition) is 4. The lowest BCUT2D eigenvalue weighted by Crippen LogP contribution is -2.52. The first-order valence-electron chi connectivity index (χ1n) is 11.6. The van der Waals surface area contributed by atoms with Crippen LogP contribution in [0.25, 0.3) is 10.4 Å². The van der Waals surface area contributed by atoms with Crippen molar-refractivity contribution in [3.05, 3.63) is 59.7 Å². The molecule has 186 valence electrons. The zero-order valence-corrected chi connectivity index (χ0v) is 20.5. The number of anilines is 2. The van der Waals surface area contributed by atoms with E-state index in [1.54, 1.807) is 53.4 Å². The number of fused-ring (bicyclic) bond motifs is 1. The molecule has 5 rings (SSSR count). The van der Waals surface area contributed by atoms with Gasteiger partial charge in [-0.15, -0.1) is 11.3 Å². The van der Waals surface area contributed by atoms with Gasteiger partial charge in [0.05, 0.1) is 17.5 Å². The van der Waals surface area contributed by atoms with Crippen molar-refractivity contribution in [2.45, 2.75) is 24.9 Å². The number of piperidine rings is 1. The number of rotatable bonds is 3. The number of phenolic OH excluding ortho intramolecular Hbond substituents is 1. The molecule has 1 spiro atoms. The molecule has 2 aromatic carbocycles. The minimum Gasteiger partial charge on any atom is -0.508 e. The number of ether oxygens (including phenoxy) is 1. The number of nitrogens with zero attached hydrogens (tertiary/aromatic N) is 1. The molecule has 1 saturated heterocycles. The Morgan fingerprint density at radius 2 is 1.83 bits per heavy atom. The van der Waals surface area contributed by atoms with Gasteiger partial charge in [0.15, 0.2) is 5.78 Å². The van der Waals surface area contributed by atoms with Gasteiger partial charge in [-0.25, -0.2) is 4.79 Å². The molecule has 0 unspecified atom stereocenters. The number of ketones is 1. The molecule has 0 bridgehead atoms. The van der Waals surface area contributed by atoms with Gasteiger partial charge < -0.3 is 25.8 Å². The summed E-state index contributed by atoms with van der Waals surface area (Å²) in [4.78, 5) is 40.9. The predicted octanol–water partition coefficient (Wildman–Crippen LogP) is 4.09. The number of carbonyl (C=O) groups is 3. The third kappa shape index (κ3) is 4.47. The number of amides is 3. The van der Waals surface area contributed by atoms with Gasteiger partial charge >= 0.3 is 6.03 Å². The van der Waals surface area contributed by atoms with Crippen LogP contribution in [0.15, 0.2) is 48.5 Å². The largest absolute Gasteiger partial charge is 0.508 e. The van der Waals surface area contributed by atoms with Gasteiger partial charge in [-0.1, -0.05) is 0 Å². The Balaban J connectivity index is 1.36. The van der Waals surface area contributed by atoms with Crippen molar-refractivity contribution < 1.29 is 24.2 Å². The summed E-state index contributed by atoms with van der Waals surface area (Å²) in [6, 6.07) is 13.1. The van der Waals surface area contributed by atoms with Gasteiger partial charge in [-0.05, 0) is 54.1 Å². The van der Waals surface area contributed by atoms with E-state index in [1.165, 1.54) is 18.4 Å². The van der Waals surface area contributed by atoms with Crippen molar-refractivity contribution in [1.82, 2.24) is 10.2 Å². The van der Waals surface area contributed by atoms with Gasteiger partial charge in [-0.3, -0.25) is 14.9 Å². The van der Waals surface area contributed by atoms with Crippen LogP contribution in [0.2, 0.25) is 0 Å². The monoisotopic (exact) mass is 506 g/mol. The molecule has 0 aliphatic carbocycles. The minimum atomic E-state index is -0.647. The molecule has 2 aliphatic rings. The van der Waals surface area contributed by atoms with E-state index in [1.807, 2.05) is 0 Å². The van der Waals surface area contributed by atoms with Crippen molar-refractivity contribution >= 4 is 39.7 Å².